The van der Waals surface area contributed by atoms with Crippen LogP contribution in [0.5, 0.6) is 0 Å². The van der Waals surface area contributed by atoms with Crippen LogP contribution in [0.15, 0.2) is 0 Å². The molecule has 3 N–H and O–H groups in total. The molecule has 5 heteroatoms. The van der Waals surface area contributed by atoms with Gasteiger partial charge in [0, 0.05) is 6.42 Å². The number of aliphatic hydroxyl groups excluding tert-OH is 2. The molecule has 0 saturated heterocycles. The van der Waals surface area contributed by atoms with Gasteiger partial charge in [-0.25, -0.2) is 0 Å². The highest BCUT2D eigenvalue weighted by Crippen LogP contribution is 2.30. The fourth-order valence-electron chi connectivity index (χ4n) is 3.38. The van der Waals surface area contributed by atoms with Crippen LogP contribution in [0.3, 0.4) is 0 Å². The predicted octanol–water partition coefficient (Wildman–Crippen LogP) is 5.70. The number of aliphatic hydroxyl groups is 3. The van der Waals surface area contributed by atoms with Crippen LogP contribution in [-0.2, 0) is 4.57 Å². The second-order valence-corrected chi connectivity index (χ2v) is 8.85. The topological polar surface area (TPSA) is 77.8 Å². The molecule has 3 unspecified atom stereocenters. The van der Waals surface area contributed by atoms with Gasteiger partial charge in [-0.3, -0.25) is 0 Å². The van der Waals surface area contributed by atoms with Crippen LogP contribution in [0, 0.1) is 0 Å². The summed E-state index contributed by atoms with van der Waals surface area (Å²) in [6, 6.07) is 0. The van der Waals surface area contributed by atoms with Crippen molar-refractivity contribution in [2.75, 3.05) is 6.61 Å². The van der Waals surface area contributed by atoms with E-state index >= 15 is 0 Å². The van der Waals surface area contributed by atoms with E-state index in [1.165, 1.54) is 83.5 Å². The zero-order chi connectivity index (χ0) is 19.5. The van der Waals surface area contributed by atoms with Gasteiger partial charge in [0.2, 0.25) is 0 Å². The molecule has 26 heavy (non-hydrogen) atoms. The first-order valence-electron chi connectivity index (χ1n) is 11.0. The van der Waals surface area contributed by atoms with Crippen molar-refractivity contribution < 1.29 is 19.9 Å². The Morgan fingerprint density at radius 2 is 1.08 bits per heavy atom. The smallest absolute Gasteiger partial charge is 0.362 e. The zero-order valence-electron chi connectivity index (χ0n) is 17.1. The van der Waals surface area contributed by atoms with Gasteiger partial charge in [0.15, 0.2) is 6.10 Å². The van der Waals surface area contributed by atoms with Crippen molar-refractivity contribution in [1.29, 1.82) is 0 Å². The minimum absolute atomic E-state index is 0.287. The Balaban J connectivity index is 3.30. The Bertz CT molecular complexity index is 314. The number of hydrogen-bond acceptors (Lipinski definition) is 4. The molecule has 0 radical (unpaired) electrons. The van der Waals surface area contributed by atoms with Gasteiger partial charge in [-0.2, -0.15) is 0 Å². The van der Waals surface area contributed by atoms with E-state index < -0.39 is 26.5 Å². The first-order chi connectivity index (χ1) is 12.6. The highest BCUT2D eigenvalue weighted by atomic mass is 31.1. The molecule has 0 aromatic heterocycles. The van der Waals surface area contributed by atoms with Crippen LogP contribution < -0.4 is 0 Å². The maximum Gasteiger partial charge on any atom is 0.362 e. The van der Waals surface area contributed by atoms with E-state index in [0.717, 1.165) is 19.3 Å². The highest BCUT2D eigenvalue weighted by Gasteiger charge is 2.43. The summed E-state index contributed by atoms with van der Waals surface area (Å²) in [5.41, 5.74) is 0. The SMILES string of the molecule is CCCCCCCCCCCCCCCCCCC(O)([PH+]=O)C(O)CO. The molecule has 0 bridgehead atoms. The largest absolute Gasteiger partial charge is 0.393 e. The number of rotatable bonds is 20. The summed E-state index contributed by atoms with van der Waals surface area (Å²) in [5.74, 6) is 0. The number of unbranched alkanes of at least 4 members (excludes halogenated alkanes) is 15. The third-order valence-electron chi connectivity index (χ3n) is 5.31. The molecule has 0 spiro atoms. The molecule has 0 aromatic carbocycles. The standard InChI is InChI=1S/C21H43O4P/c1-2-3-4-5-6-7-8-9-10-11-12-13-14-15-16-17-18-21(24,26-25)20(23)19-22/h20,22-24H,2-19H2,1H3/p+1. The summed E-state index contributed by atoms with van der Waals surface area (Å²) >= 11 is 0. The van der Waals surface area contributed by atoms with Crippen molar-refractivity contribution >= 4 is 8.46 Å². The fraction of sp³-hybridized carbons (Fsp3) is 1.00. The van der Waals surface area contributed by atoms with Crippen molar-refractivity contribution in [2.24, 2.45) is 0 Å². The maximum absolute atomic E-state index is 11.1. The zero-order valence-corrected chi connectivity index (χ0v) is 18.1. The molecule has 0 fully saturated rings. The van der Waals surface area contributed by atoms with Crippen LogP contribution in [0.25, 0.3) is 0 Å². The lowest BCUT2D eigenvalue weighted by Gasteiger charge is -2.18. The average molecular weight is 392 g/mol. The Kier molecular flexibility index (Phi) is 18.3. The van der Waals surface area contributed by atoms with Crippen molar-refractivity contribution in [2.45, 2.75) is 128 Å². The summed E-state index contributed by atoms with van der Waals surface area (Å²) in [6.45, 7) is 1.71. The molecular formula is C21H44O4P+. The molecule has 4 nitrogen and oxygen atoms in total. The molecule has 0 heterocycles. The monoisotopic (exact) mass is 391 g/mol. The Hall–Kier alpha value is -0.0200. The normalized spacial score (nSPS) is 15.2. The van der Waals surface area contributed by atoms with Crippen LogP contribution in [-0.4, -0.2) is 33.4 Å². The van der Waals surface area contributed by atoms with Gasteiger partial charge in [-0.05, 0) is 6.42 Å². The molecule has 0 rings (SSSR count). The summed E-state index contributed by atoms with van der Waals surface area (Å²) in [5, 5.41) is 26.8. The van der Waals surface area contributed by atoms with Gasteiger partial charge in [0.05, 0.1) is 6.61 Å². The lowest BCUT2D eigenvalue weighted by atomic mass is 10.0. The van der Waals surface area contributed by atoms with Crippen LogP contribution >= 0.6 is 8.46 Å². The van der Waals surface area contributed by atoms with Crippen molar-refractivity contribution in [3.8, 4) is 0 Å². The molecule has 156 valence electrons. The second-order valence-electron chi connectivity index (χ2n) is 7.78. The summed E-state index contributed by atoms with van der Waals surface area (Å²) in [6.07, 6.45) is 19.5. The lowest BCUT2D eigenvalue weighted by molar-refractivity contribution is -0.0444. The van der Waals surface area contributed by atoms with E-state index in [1.807, 2.05) is 0 Å². The maximum atomic E-state index is 11.1. The minimum Gasteiger partial charge on any atom is -0.393 e. The van der Waals surface area contributed by atoms with Crippen LogP contribution in [0.1, 0.15) is 116 Å². The van der Waals surface area contributed by atoms with Gasteiger partial charge in [0.25, 0.3) is 5.34 Å². The van der Waals surface area contributed by atoms with Crippen LogP contribution in [0.2, 0.25) is 0 Å². The lowest BCUT2D eigenvalue weighted by Crippen LogP contribution is -2.39. The predicted molar refractivity (Wildman–Crippen MR) is 111 cm³/mol. The molecule has 0 aromatic rings. The van der Waals surface area contributed by atoms with Gasteiger partial charge >= 0.3 is 8.46 Å². The molecule has 3 atom stereocenters. The van der Waals surface area contributed by atoms with E-state index in [9.17, 15) is 14.8 Å². The summed E-state index contributed by atoms with van der Waals surface area (Å²) in [4.78, 5) is 0. The number of hydrogen-bond donors (Lipinski definition) is 3. The molecule has 0 aliphatic carbocycles. The first kappa shape index (κ1) is 26.0. The quantitative estimate of drug-likeness (QED) is 0.184. The Morgan fingerprint density at radius 3 is 1.38 bits per heavy atom. The minimum atomic E-state index is -1.63. The third-order valence-corrected chi connectivity index (χ3v) is 6.25. The van der Waals surface area contributed by atoms with E-state index in [-0.39, 0.29) is 6.42 Å². The fourth-order valence-corrected chi connectivity index (χ4v) is 3.89. The summed E-state index contributed by atoms with van der Waals surface area (Å²) < 4.78 is 11.1. The van der Waals surface area contributed by atoms with Gasteiger partial charge in [-0.1, -0.05) is 108 Å². The Morgan fingerprint density at radius 1 is 0.731 bits per heavy atom. The van der Waals surface area contributed by atoms with E-state index in [1.54, 1.807) is 0 Å². The second kappa shape index (κ2) is 18.3. The molecular weight excluding hydrogens is 347 g/mol. The average Bonchev–Trinajstić information content (AvgIpc) is 2.66. The molecule has 0 aliphatic heterocycles. The van der Waals surface area contributed by atoms with Crippen molar-refractivity contribution in [3.63, 3.8) is 0 Å². The van der Waals surface area contributed by atoms with E-state index in [2.05, 4.69) is 6.92 Å². The van der Waals surface area contributed by atoms with Crippen LogP contribution in [0.4, 0.5) is 0 Å². The van der Waals surface area contributed by atoms with Crippen molar-refractivity contribution in [1.82, 2.24) is 0 Å². The summed E-state index contributed by atoms with van der Waals surface area (Å²) in [7, 11) is -1.00. The van der Waals surface area contributed by atoms with E-state index in [4.69, 9.17) is 5.11 Å². The van der Waals surface area contributed by atoms with Gasteiger partial charge in [-0.15, -0.1) is 0 Å². The first-order valence-corrected chi connectivity index (χ1v) is 11.9. The van der Waals surface area contributed by atoms with Gasteiger partial charge in [0.1, 0.15) is 0 Å². The van der Waals surface area contributed by atoms with E-state index in [0.29, 0.717) is 0 Å². The molecule has 0 aliphatic rings. The molecule has 0 amide bonds. The molecule has 0 saturated carbocycles. The Labute approximate surface area is 163 Å². The third kappa shape index (κ3) is 14.1. The van der Waals surface area contributed by atoms with Crippen molar-refractivity contribution in [3.05, 3.63) is 0 Å². The van der Waals surface area contributed by atoms with Gasteiger partial charge < -0.3 is 15.3 Å². The highest BCUT2D eigenvalue weighted by molar-refractivity contribution is 7.25.